The zero-order chi connectivity index (χ0) is 18.4. The van der Waals surface area contributed by atoms with E-state index in [2.05, 4.69) is 4.90 Å². The van der Waals surface area contributed by atoms with Crippen LogP contribution in [-0.2, 0) is 11.2 Å². The van der Waals surface area contributed by atoms with Crippen molar-refractivity contribution in [3.8, 4) is 0 Å². The summed E-state index contributed by atoms with van der Waals surface area (Å²) in [6.07, 6.45) is 8.97. The third kappa shape index (κ3) is 5.29. The lowest BCUT2D eigenvalue weighted by molar-refractivity contribution is -0.136. The smallest absolute Gasteiger partial charge is 0.225 e. The van der Waals surface area contributed by atoms with Crippen LogP contribution in [0.25, 0.3) is 0 Å². The lowest BCUT2D eigenvalue weighted by atomic mass is 9.88. The van der Waals surface area contributed by atoms with Crippen molar-refractivity contribution in [1.82, 2.24) is 9.80 Å². The van der Waals surface area contributed by atoms with Crippen molar-refractivity contribution < 1.29 is 9.18 Å². The normalized spacial score (nSPS) is 22.3. The molecule has 1 amide bonds. The van der Waals surface area contributed by atoms with Crippen LogP contribution in [0.4, 0.5) is 4.39 Å². The van der Waals surface area contributed by atoms with Crippen molar-refractivity contribution in [3.05, 3.63) is 35.6 Å². The molecule has 1 unspecified atom stereocenters. The molecular weight excluding hydrogens is 327 g/mol. The standard InChI is InChI=1S/C22H33FN2O/c1-24(22(26)20-10-3-2-4-11-20)16-18-8-7-14-25(17-18)15-13-19-9-5-6-12-21(19)23/h5-6,9,12,18,20H,2-4,7-8,10-11,13-17H2,1H3. The van der Waals surface area contributed by atoms with Gasteiger partial charge in [-0.25, -0.2) is 4.39 Å². The van der Waals surface area contributed by atoms with E-state index in [4.69, 9.17) is 0 Å². The second kappa shape index (κ2) is 9.50. The zero-order valence-electron chi connectivity index (χ0n) is 16.1. The van der Waals surface area contributed by atoms with Gasteiger partial charge in [0, 0.05) is 32.6 Å². The van der Waals surface area contributed by atoms with Crippen LogP contribution in [0.3, 0.4) is 0 Å². The van der Waals surface area contributed by atoms with Gasteiger partial charge in [0.2, 0.25) is 5.91 Å². The van der Waals surface area contributed by atoms with Crippen LogP contribution < -0.4 is 0 Å². The molecule has 1 aromatic rings. The molecule has 3 rings (SSSR count). The van der Waals surface area contributed by atoms with Crippen LogP contribution in [0, 0.1) is 17.7 Å². The van der Waals surface area contributed by atoms with Crippen LogP contribution in [0.5, 0.6) is 0 Å². The fourth-order valence-electron chi connectivity index (χ4n) is 4.62. The highest BCUT2D eigenvalue weighted by Gasteiger charge is 2.27. The van der Waals surface area contributed by atoms with E-state index in [0.29, 0.717) is 11.8 Å². The number of carbonyl (C=O) groups is 1. The Morgan fingerprint density at radius 1 is 1.15 bits per heavy atom. The van der Waals surface area contributed by atoms with Crippen molar-refractivity contribution in [2.24, 2.45) is 11.8 Å². The first-order chi connectivity index (χ1) is 12.6. The molecule has 0 bridgehead atoms. The zero-order valence-corrected chi connectivity index (χ0v) is 16.1. The minimum absolute atomic E-state index is 0.0983. The maximum absolute atomic E-state index is 13.8. The number of rotatable bonds is 6. The Morgan fingerprint density at radius 2 is 1.92 bits per heavy atom. The Labute approximate surface area is 157 Å². The first-order valence-corrected chi connectivity index (χ1v) is 10.3. The average molecular weight is 361 g/mol. The van der Waals surface area contributed by atoms with Gasteiger partial charge in [-0.2, -0.15) is 0 Å². The second-order valence-electron chi connectivity index (χ2n) is 8.20. The van der Waals surface area contributed by atoms with Gasteiger partial charge in [0.25, 0.3) is 0 Å². The minimum Gasteiger partial charge on any atom is -0.345 e. The predicted molar refractivity (Wildman–Crippen MR) is 103 cm³/mol. The Morgan fingerprint density at radius 3 is 2.69 bits per heavy atom. The number of piperidine rings is 1. The Kier molecular flexibility index (Phi) is 7.07. The Bertz CT molecular complexity index is 585. The van der Waals surface area contributed by atoms with E-state index in [1.165, 1.54) is 32.1 Å². The molecule has 1 heterocycles. The van der Waals surface area contributed by atoms with Crippen molar-refractivity contribution >= 4 is 5.91 Å². The topological polar surface area (TPSA) is 23.6 Å². The molecule has 0 N–H and O–H groups in total. The lowest BCUT2D eigenvalue weighted by Crippen LogP contribution is -2.43. The quantitative estimate of drug-likeness (QED) is 0.762. The largest absolute Gasteiger partial charge is 0.345 e. The molecule has 1 aliphatic heterocycles. The van der Waals surface area contributed by atoms with Crippen molar-refractivity contribution in [1.29, 1.82) is 0 Å². The Balaban J connectivity index is 1.45. The summed E-state index contributed by atoms with van der Waals surface area (Å²) >= 11 is 0. The van der Waals surface area contributed by atoms with Crippen molar-refractivity contribution in [2.45, 2.75) is 51.4 Å². The van der Waals surface area contributed by atoms with E-state index in [1.54, 1.807) is 12.1 Å². The fourth-order valence-corrected chi connectivity index (χ4v) is 4.62. The predicted octanol–water partition coefficient (Wildman–Crippen LogP) is 4.12. The summed E-state index contributed by atoms with van der Waals surface area (Å²) in [5.41, 5.74) is 0.805. The summed E-state index contributed by atoms with van der Waals surface area (Å²) in [6, 6.07) is 7.08. The summed E-state index contributed by atoms with van der Waals surface area (Å²) in [7, 11) is 1.98. The van der Waals surface area contributed by atoms with Crippen molar-refractivity contribution in [3.63, 3.8) is 0 Å². The molecule has 1 aliphatic carbocycles. The van der Waals surface area contributed by atoms with Gasteiger partial charge in [-0.3, -0.25) is 4.79 Å². The van der Waals surface area contributed by atoms with Crippen LogP contribution in [0.1, 0.15) is 50.5 Å². The summed E-state index contributed by atoms with van der Waals surface area (Å²) in [4.78, 5) is 17.1. The third-order valence-electron chi connectivity index (χ3n) is 6.12. The summed E-state index contributed by atoms with van der Waals surface area (Å²) < 4.78 is 13.8. The number of nitrogens with zero attached hydrogens (tertiary/aromatic N) is 2. The molecule has 26 heavy (non-hydrogen) atoms. The SMILES string of the molecule is CN(CC1CCCN(CCc2ccccc2F)C1)C(=O)C1CCCCC1. The molecular formula is C22H33FN2O. The number of likely N-dealkylation sites (tertiary alicyclic amines) is 1. The number of halogens is 1. The minimum atomic E-state index is -0.0983. The van der Waals surface area contributed by atoms with Gasteiger partial charge in [0.15, 0.2) is 0 Å². The number of benzene rings is 1. The first-order valence-electron chi connectivity index (χ1n) is 10.3. The highest BCUT2D eigenvalue weighted by molar-refractivity contribution is 5.78. The lowest BCUT2D eigenvalue weighted by Gasteiger charge is -2.36. The van der Waals surface area contributed by atoms with Crippen molar-refractivity contribution in [2.75, 3.05) is 33.2 Å². The monoisotopic (exact) mass is 360 g/mol. The van der Waals surface area contributed by atoms with E-state index in [0.717, 1.165) is 51.0 Å². The molecule has 4 heteroatoms. The molecule has 0 aromatic heterocycles. The van der Waals surface area contributed by atoms with Gasteiger partial charge in [0.1, 0.15) is 5.82 Å². The van der Waals surface area contributed by atoms with Crippen LogP contribution >= 0.6 is 0 Å². The van der Waals surface area contributed by atoms with Gasteiger partial charge < -0.3 is 9.80 Å². The van der Waals surface area contributed by atoms with Gasteiger partial charge in [-0.1, -0.05) is 37.5 Å². The highest BCUT2D eigenvalue weighted by Crippen LogP contribution is 2.26. The Hall–Kier alpha value is -1.42. The maximum atomic E-state index is 13.8. The van der Waals surface area contributed by atoms with Crippen LogP contribution in [0.2, 0.25) is 0 Å². The summed E-state index contributed by atoms with van der Waals surface area (Å²) in [6.45, 7) is 3.88. The molecule has 1 saturated heterocycles. The highest BCUT2D eigenvalue weighted by atomic mass is 19.1. The third-order valence-corrected chi connectivity index (χ3v) is 6.12. The number of amides is 1. The van der Waals surface area contributed by atoms with E-state index >= 15 is 0 Å². The molecule has 0 spiro atoms. The van der Waals surface area contributed by atoms with Gasteiger partial charge in [0.05, 0.1) is 0 Å². The molecule has 144 valence electrons. The first kappa shape index (κ1) is 19.3. The average Bonchev–Trinajstić information content (AvgIpc) is 2.68. The summed E-state index contributed by atoms with van der Waals surface area (Å²) in [5, 5.41) is 0. The van der Waals surface area contributed by atoms with Gasteiger partial charge >= 0.3 is 0 Å². The number of hydrogen-bond acceptors (Lipinski definition) is 2. The van der Waals surface area contributed by atoms with Gasteiger partial charge in [-0.15, -0.1) is 0 Å². The van der Waals surface area contributed by atoms with Crippen LogP contribution in [0.15, 0.2) is 24.3 Å². The number of hydrogen-bond donors (Lipinski definition) is 0. The maximum Gasteiger partial charge on any atom is 0.225 e. The van der Waals surface area contributed by atoms with E-state index < -0.39 is 0 Å². The van der Waals surface area contributed by atoms with E-state index in [9.17, 15) is 9.18 Å². The molecule has 1 atom stereocenters. The van der Waals surface area contributed by atoms with Gasteiger partial charge in [-0.05, 0) is 56.2 Å². The molecule has 3 nitrogen and oxygen atoms in total. The molecule has 1 aromatic carbocycles. The summed E-state index contributed by atoms with van der Waals surface area (Å²) in [5.74, 6) is 1.06. The molecule has 2 fully saturated rings. The van der Waals surface area contributed by atoms with Crippen LogP contribution in [-0.4, -0.2) is 48.9 Å². The molecule has 2 aliphatic rings. The van der Waals surface area contributed by atoms with E-state index in [1.807, 2.05) is 24.1 Å². The molecule has 1 saturated carbocycles. The number of carbonyl (C=O) groups excluding carboxylic acids is 1. The second-order valence-corrected chi connectivity index (χ2v) is 8.20. The van der Waals surface area contributed by atoms with E-state index in [-0.39, 0.29) is 11.7 Å². The molecule has 0 radical (unpaired) electrons. The fraction of sp³-hybridized carbons (Fsp3) is 0.682.